The van der Waals surface area contributed by atoms with Gasteiger partial charge in [-0.15, -0.1) is 0 Å². The molecule has 0 saturated carbocycles. The van der Waals surface area contributed by atoms with Crippen LogP contribution in [0.4, 0.5) is 0 Å². The summed E-state index contributed by atoms with van der Waals surface area (Å²) in [5.74, 6) is 0. The van der Waals surface area contributed by atoms with Crippen LogP contribution in [0.25, 0.3) is 0 Å². The van der Waals surface area contributed by atoms with E-state index >= 15 is 0 Å². The molecule has 0 aliphatic heterocycles. The maximum Gasteiger partial charge on any atom is 2.00 e. The van der Waals surface area contributed by atoms with Crippen molar-refractivity contribution in [2.24, 2.45) is 0 Å². The summed E-state index contributed by atoms with van der Waals surface area (Å²) >= 11 is 0. The van der Waals surface area contributed by atoms with Crippen LogP contribution in [0, 0.1) is 0 Å². The molecule has 0 atom stereocenters. The Labute approximate surface area is 74.8 Å². The van der Waals surface area contributed by atoms with Gasteiger partial charge < -0.3 is 14.7 Å². The van der Waals surface area contributed by atoms with Crippen molar-refractivity contribution >= 4 is 7.94 Å². The topological polar surface area (TPSA) is 69.2 Å². The summed E-state index contributed by atoms with van der Waals surface area (Å²) in [6.45, 7) is 4.56. The van der Waals surface area contributed by atoms with E-state index in [9.17, 15) is 14.7 Å². The zero-order valence-corrected chi connectivity index (χ0v) is 10.4. The average Bonchev–Trinajstić information content (AvgIpc) is 1.64. The Kier molecular flexibility index (Phi) is 5.52. The van der Waals surface area contributed by atoms with Gasteiger partial charge in [0.1, 0.15) is 0 Å². The van der Waals surface area contributed by atoms with Gasteiger partial charge in [0.15, 0.2) is 0 Å². The molecule has 0 amide bonds. The third-order valence-corrected chi connectivity index (χ3v) is 3.41. The van der Waals surface area contributed by atoms with E-state index < -0.39 is 13.1 Å². The molecule has 0 heterocycles. The SMILES string of the molecule is CCC(C)(C)[P+]([O-])([O-])[O-].[Zn+2]. The van der Waals surface area contributed by atoms with Crippen molar-refractivity contribution in [3.8, 4) is 0 Å². The van der Waals surface area contributed by atoms with Crippen LogP contribution >= 0.6 is 7.94 Å². The monoisotopic (exact) mass is 214 g/mol. The third kappa shape index (κ3) is 3.36. The molecule has 0 aromatic rings. The summed E-state index contributed by atoms with van der Waals surface area (Å²) in [6, 6.07) is 0. The Balaban J connectivity index is 0. The Morgan fingerprint density at radius 2 is 1.50 bits per heavy atom. The summed E-state index contributed by atoms with van der Waals surface area (Å²) < 4.78 is 0. The molecule has 10 heavy (non-hydrogen) atoms. The Morgan fingerprint density at radius 1 is 1.20 bits per heavy atom. The van der Waals surface area contributed by atoms with Gasteiger partial charge in [0.25, 0.3) is 0 Å². The number of rotatable bonds is 2. The van der Waals surface area contributed by atoms with Crippen molar-refractivity contribution in [1.29, 1.82) is 0 Å². The quantitative estimate of drug-likeness (QED) is 0.439. The van der Waals surface area contributed by atoms with Crippen molar-refractivity contribution in [2.75, 3.05) is 0 Å². The summed E-state index contributed by atoms with van der Waals surface area (Å²) in [7, 11) is -4.37. The van der Waals surface area contributed by atoms with Crippen LogP contribution in [-0.4, -0.2) is 5.16 Å². The Bertz CT molecular complexity index is 99.6. The van der Waals surface area contributed by atoms with Crippen LogP contribution in [0.15, 0.2) is 0 Å². The molecule has 0 fully saturated rings. The van der Waals surface area contributed by atoms with Gasteiger partial charge in [-0.3, -0.25) is 0 Å². The Hall–Kier alpha value is 0.933. The van der Waals surface area contributed by atoms with E-state index in [1.165, 1.54) is 13.8 Å². The fraction of sp³-hybridized carbons (Fsp3) is 1.00. The zero-order valence-electron chi connectivity index (χ0n) is 6.59. The maximum absolute atomic E-state index is 10.4. The van der Waals surface area contributed by atoms with Crippen LogP contribution in [0.5, 0.6) is 0 Å². The molecule has 0 bridgehead atoms. The maximum atomic E-state index is 10.4. The van der Waals surface area contributed by atoms with E-state index in [-0.39, 0.29) is 19.5 Å². The van der Waals surface area contributed by atoms with Gasteiger partial charge in [0, 0.05) is 0 Å². The van der Waals surface area contributed by atoms with Crippen LogP contribution in [0.1, 0.15) is 27.2 Å². The van der Waals surface area contributed by atoms with E-state index in [0.717, 1.165) is 0 Å². The predicted octanol–water partition coefficient (Wildman–Crippen LogP) is -0.984. The van der Waals surface area contributed by atoms with Crippen molar-refractivity contribution in [3.05, 3.63) is 0 Å². The molecule has 0 aromatic heterocycles. The van der Waals surface area contributed by atoms with Gasteiger partial charge in [-0.05, 0) is 20.3 Å². The van der Waals surface area contributed by atoms with Gasteiger partial charge in [0.2, 0.25) is 0 Å². The minimum absolute atomic E-state index is 0. The van der Waals surface area contributed by atoms with E-state index in [1.807, 2.05) is 0 Å². The third-order valence-electron chi connectivity index (χ3n) is 1.61. The molecule has 0 rings (SSSR count). The van der Waals surface area contributed by atoms with Crippen molar-refractivity contribution in [2.45, 2.75) is 32.3 Å². The van der Waals surface area contributed by atoms with Crippen molar-refractivity contribution in [3.63, 3.8) is 0 Å². The minimum Gasteiger partial charge on any atom is -0.687 e. The first-order valence-electron chi connectivity index (χ1n) is 2.83. The summed E-state index contributed by atoms with van der Waals surface area (Å²) in [4.78, 5) is 31.1. The first-order chi connectivity index (χ1) is 3.81. The zero-order chi connectivity index (χ0) is 7.71. The second-order valence-corrected chi connectivity index (χ2v) is 4.87. The normalized spacial score (nSPS) is 12.6. The predicted molar refractivity (Wildman–Crippen MR) is 31.3 cm³/mol. The fourth-order valence-electron chi connectivity index (χ4n) is 0.194. The number of hydrogen-bond acceptors (Lipinski definition) is 3. The second-order valence-electron chi connectivity index (χ2n) is 2.66. The molecule has 0 aliphatic rings. The van der Waals surface area contributed by atoms with Crippen LogP contribution < -0.4 is 14.7 Å². The molecule has 0 radical (unpaired) electrons. The molecule has 0 N–H and O–H groups in total. The van der Waals surface area contributed by atoms with E-state index in [0.29, 0.717) is 6.42 Å². The van der Waals surface area contributed by atoms with E-state index in [2.05, 4.69) is 0 Å². The van der Waals surface area contributed by atoms with Gasteiger partial charge in [-0.2, -0.15) is 7.94 Å². The van der Waals surface area contributed by atoms with Crippen LogP contribution in [-0.2, 0) is 19.5 Å². The number of hydrogen-bond donors (Lipinski definition) is 0. The van der Waals surface area contributed by atoms with Crippen molar-refractivity contribution in [1.82, 2.24) is 0 Å². The van der Waals surface area contributed by atoms with Crippen LogP contribution in [0.3, 0.4) is 0 Å². The molecule has 0 saturated heterocycles. The largest absolute Gasteiger partial charge is 2.00 e. The smallest absolute Gasteiger partial charge is 0.687 e. The van der Waals surface area contributed by atoms with Gasteiger partial charge in [-0.25, -0.2) is 0 Å². The molecule has 56 valence electrons. The standard InChI is InChI=1S/C5H13O3P.Zn/c1-4-5(2,3)9(6,7)8;/h4H2,1-3H3,(H2,6,7,8);/q;+2/p-2. The average molecular weight is 216 g/mol. The summed E-state index contributed by atoms with van der Waals surface area (Å²) in [5.41, 5.74) is 0. The summed E-state index contributed by atoms with van der Waals surface area (Å²) in [5, 5.41) is -1.08. The van der Waals surface area contributed by atoms with Gasteiger partial charge >= 0.3 is 19.5 Å². The van der Waals surface area contributed by atoms with E-state index in [1.54, 1.807) is 6.92 Å². The van der Waals surface area contributed by atoms with Gasteiger partial charge in [0.05, 0.1) is 5.16 Å². The van der Waals surface area contributed by atoms with Crippen LogP contribution in [0.2, 0.25) is 0 Å². The van der Waals surface area contributed by atoms with Crippen molar-refractivity contribution < 1.29 is 34.2 Å². The molecule has 3 nitrogen and oxygen atoms in total. The molecule has 0 aliphatic carbocycles. The fourth-order valence-corrected chi connectivity index (χ4v) is 0.581. The molecular weight excluding hydrogens is 204 g/mol. The first-order valence-corrected chi connectivity index (χ1v) is 4.37. The molecule has 0 spiro atoms. The minimum atomic E-state index is -4.37. The molecule has 0 unspecified atom stereocenters. The molecular formula is C5H11O3PZn. The van der Waals surface area contributed by atoms with E-state index in [4.69, 9.17) is 0 Å². The molecule has 0 aromatic carbocycles. The first kappa shape index (κ1) is 13.5. The second kappa shape index (κ2) is 4.08. The van der Waals surface area contributed by atoms with Gasteiger partial charge in [-0.1, -0.05) is 6.92 Å². The summed E-state index contributed by atoms with van der Waals surface area (Å²) in [6.07, 6.45) is 0.372. The Morgan fingerprint density at radius 3 is 1.50 bits per heavy atom. The molecule has 5 heteroatoms.